The SMILES string of the molecule is O=C1NC(C2CC2)(C2CC2)C(=O)N1NC(O)Nc1ccc(Br)cc1. The van der Waals surface area contributed by atoms with Gasteiger partial charge in [-0.1, -0.05) is 15.9 Å². The van der Waals surface area contributed by atoms with Crippen LogP contribution in [0.4, 0.5) is 10.5 Å². The fourth-order valence-corrected chi connectivity index (χ4v) is 3.77. The van der Waals surface area contributed by atoms with E-state index in [0.717, 1.165) is 35.2 Å². The first-order chi connectivity index (χ1) is 11.5. The van der Waals surface area contributed by atoms with Gasteiger partial charge < -0.3 is 15.7 Å². The summed E-state index contributed by atoms with van der Waals surface area (Å²) in [5, 5.41) is 16.8. The molecule has 3 fully saturated rings. The van der Waals surface area contributed by atoms with Crippen molar-refractivity contribution in [1.82, 2.24) is 15.8 Å². The molecule has 3 amide bonds. The van der Waals surface area contributed by atoms with Gasteiger partial charge in [-0.15, -0.1) is 0 Å². The number of aliphatic hydroxyl groups is 1. The molecule has 1 aromatic carbocycles. The summed E-state index contributed by atoms with van der Waals surface area (Å²) in [4.78, 5) is 25.2. The third-order valence-corrected chi connectivity index (χ3v) is 5.44. The van der Waals surface area contributed by atoms with Crippen LogP contribution in [-0.2, 0) is 4.79 Å². The standard InChI is InChI=1S/C16H19BrN4O3/c17-11-5-7-12(8-6-11)18-14(23)20-21-13(22)16(9-1-2-9,10-3-4-10)19-15(21)24/h5-10,14,18,20,23H,1-4H2,(H,19,24). The Bertz CT molecular complexity index is 660. The largest absolute Gasteiger partial charge is 0.360 e. The van der Waals surface area contributed by atoms with Gasteiger partial charge >= 0.3 is 6.03 Å². The van der Waals surface area contributed by atoms with Crippen LogP contribution >= 0.6 is 15.9 Å². The molecule has 2 saturated carbocycles. The first-order valence-electron chi connectivity index (χ1n) is 8.14. The number of hydrazine groups is 1. The Balaban J connectivity index is 1.45. The second-order valence-corrected chi connectivity index (χ2v) is 7.59. The Hall–Kier alpha value is -1.64. The van der Waals surface area contributed by atoms with Crippen LogP contribution in [0.25, 0.3) is 0 Å². The molecule has 2 aliphatic carbocycles. The van der Waals surface area contributed by atoms with Gasteiger partial charge in [-0.2, -0.15) is 10.4 Å². The van der Waals surface area contributed by atoms with Gasteiger partial charge in [0, 0.05) is 10.2 Å². The summed E-state index contributed by atoms with van der Waals surface area (Å²) >= 11 is 3.34. The summed E-state index contributed by atoms with van der Waals surface area (Å²) in [7, 11) is 0. The highest BCUT2D eigenvalue weighted by Crippen LogP contribution is 2.54. The lowest BCUT2D eigenvalue weighted by atomic mass is 9.87. The number of anilines is 1. The molecule has 0 spiro atoms. The number of halogens is 1. The van der Waals surface area contributed by atoms with E-state index in [2.05, 4.69) is 32.0 Å². The number of nitrogens with zero attached hydrogens (tertiary/aromatic N) is 1. The van der Waals surface area contributed by atoms with Gasteiger partial charge in [-0.05, 0) is 61.8 Å². The minimum atomic E-state index is -1.25. The normalized spacial score (nSPS) is 24.0. The van der Waals surface area contributed by atoms with Gasteiger partial charge in [-0.25, -0.2) is 4.79 Å². The van der Waals surface area contributed by atoms with Crippen LogP contribution < -0.4 is 16.1 Å². The average Bonchev–Trinajstić information content (AvgIpc) is 3.44. The van der Waals surface area contributed by atoms with Gasteiger partial charge in [0.2, 0.25) is 0 Å². The highest BCUT2D eigenvalue weighted by molar-refractivity contribution is 9.10. The maximum atomic E-state index is 12.9. The number of rotatable bonds is 6. The van der Waals surface area contributed by atoms with Crippen molar-refractivity contribution < 1.29 is 14.7 Å². The van der Waals surface area contributed by atoms with Crippen molar-refractivity contribution in [3.63, 3.8) is 0 Å². The Kier molecular flexibility index (Phi) is 3.78. The Morgan fingerprint density at radius 3 is 2.29 bits per heavy atom. The highest BCUT2D eigenvalue weighted by atomic mass is 79.9. The van der Waals surface area contributed by atoms with E-state index in [1.165, 1.54) is 0 Å². The molecule has 1 atom stereocenters. The number of carbonyl (C=O) groups excluding carboxylic acids is 2. The van der Waals surface area contributed by atoms with Gasteiger partial charge in [-0.3, -0.25) is 4.79 Å². The zero-order valence-electron chi connectivity index (χ0n) is 13.0. The third-order valence-electron chi connectivity index (χ3n) is 4.92. The number of urea groups is 1. The first kappa shape index (κ1) is 15.9. The molecule has 8 heteroatoms. The molecule has 3 aliphatic rings. The topological polar surface area (TPSA) is 93.7 Å². The molecule has 1 aromatic rings. The minimum absolute atomic E-state index is 0.227. The quantitative estimate of drug-likeness (QED) is 0.435. The van der Waals surface area contributed by atoms with E-state index in [1.807, 2.05) is 12.1 Å². The third kappa shape index (κ3) is 2.68. The lowest BCUT2D eigenvalue weighted by Gasteiger charge is -2.27. The Morgan fingerprint density at radius 1 is 1.17 bits per heavy atom. The maximum Gasteiger partial charge on any atom is 0.340 e. The molecular formula is C16H19BrN4O3. The van der Waals surface area contributed by atoms with Crippen LogP contribution in [0.1, 0.15) is 25.7 Å². The smallest absolute Gasteiger partial charge is 0.340 e. The van der Waals surface area contributed by atoms with Crippen LogP contribution in [0.2, 0.25) is 0 Å². The number of benzene rings is 1. The maximum absolute atomic E-state index is 12.9. The van der Waals surface area contributed by atoms with E-state index >= 15 is 0 Å². The fraction of sp³-hybridized carbons (Fsp3) is 0.500. The molecular weight excluding hydrogens is 376 g/mol. The van der Waals surface area contributed by atoms with Gasteiger partial charge in [0.25, 0.3) is 5.91 Å². The highest BCUT2D eigenvalue weighted by Gasteiger charge is 2.65. The van der Waals surface area contributed by atoms with E-state index in [1.54, 1.807) is 12.1 Å². The monoisotopic (exact) mass is 394 g/mol. The molecule has 0 bridgehead atoms. The Morgan fingerprint density at radius 2 is 1.75 bits per heavy atom. The van der Waals surface area contributed by atoms with Crippen LogP contribution in [-0.4, -0.2) is 33.9 Å². The van der Waals surface area contributed by atoms with Crippen molar-refractivity contribution in [1.29, 1.82) is 0 Å². The summed E-state index contributed by atoms with van der Waals surface area (Å²) < 4.78 is 0.920. The van der Waals surface area contributed by atoms with E-state index in [-0.39, 0.29) is 17.7 Å². The average molecular weight is 395 g/mol. The van der Waals surface area contributed by atoms with Crippen LogP contribution in [0.3, 0.4) is 0 Å². The summed E-state index contributed by atoms with van der Waals surface area (Å²) in [6.07, 6.45) is 2.62. The summed E-state index contributed by atoms with van der Waals surface area (Å²) in [6, 6.07) is 6.72. The van der Waals surface area contributed by atoms with Gasteiger partial charge in [0.15, 0.2) is 6.35 Å². The molecule has 1 saturated heterocycles. The van der Waals surface area contributed by atoms with Crippen molar-refractivity contribution in [2.75, 3.05) is 5.32 Å². The molecule has 7 nitrogen and oxygen atoms in total. The van der Waals surface area contributed by atoms with E-state index in [9.17, 15) is 14.7 Å². The number of hydrogen-bond acceptors (Lipinski definition) is 5. The fourth-order valence-electron chi connectivity index (χ4n) is 3.50. The number of carbonyl (C=O) groups is 2. The lowest BCUT2D eigenvalue weighted by Crippen LogP contribution is -2.54. The summed E-state index contributed by atoms with van der Waals surface area (Å²) in [6.45, 7) is 0. The molecule has 1 heterocycles. The van der Waals surface area contributed by atoms with Crippen LogP contribution in [0.15, 0.2) is 28.7 Å². The van der Waals surface area contributed by atoms with Crippen molar-refractivity contribution in [3.8, 4) is 0 Å². The molecule has 1 unspecified atom stereocenters. The van der Waals surface area contributed by atoms with Crippen molar-refractivity contribution in [2.24, 2.45) is 11.8 Å². The second-order valence-electron chi connectivity index (χ2n) is 6.67. The zero-order chi connectivity index (χ0) is 16.9. The van der Waals surface area contributed by atoms with Gasteiger partial charge in [0.05, 0.1) is 0 Å². The summed E-state index contributed by atoms with van der Waals surface area (Å²) in [5.41, 5.74) is 2.47. The van der Waals surface area contributed by atoms with E-state index in [4.69, 9.17) is 0 Å². The molecule has 0 radical (unpaired) electrons. The van der Waals surface area contributed by atoms with Crippen molar-refractivity contribution in [3.05, 3.63) is 28.7 Å². The minimum Gasteiger partial charge on any atom is -0.360 e. The number of hydrogen-bond donors (Lipinski definition) is 4. The molecule has 24 heavy (non-hydrogen) atoms. The lowest BCUT2D eigenvalue weighted by molar-refractivity contribution is -0.137. The number of imide groups is 1. The van der Waals surface area contributed by atoms with E-state index in [0.29, 0.717) is 5.69 Å². The predicted molar refractivity (Wildman–Crippen MR) is 90.5 cm³/mol. The summed E-state index contributed by atoms with van der Waals surface area (Å²) in [5.74, 6) is 0.184. The first-order valence-corrected chi connectivity index (χ1v) is 8.93. The number of nitrogens with one attached hydrogen (secondary N) is 3. The zero-order valence-corrected chi connectivity index (χ0v) is 14.5. The molecule has 4 N–H and O–H groups in total. The number of aliphatic hydroxyl groups excluding tert-OH is 1. The van der Waals surface area contributed by atoms with Crippen LogP contribution in [0.5, 0.6) is 0 Å². The van der Waals surface area contributed by atoms with Crippen LogP contribution in [0, 0.1) is 11.8 Å². The molecule has 1 aliphatic heterocycles. The molecule has 0 aromatic heterocycles. The van der Waals surface area contributed by atoms with Crippen molar-refractivity contribution >= 4 is 33.6 Å². The Labute approximate surface area is 147 Å². The molecule has 128 valence electrons. The molecule has 4 rings (SSSR count). The van der Waals surface area contributed by atoms with E-state index < -0.39 is 17.9 Å². The van der Waals surface area contributed by atoms with Gasteiger partial charge in [0.1, 0.15) is 5.54 Å². The van der Waals surface area contributed by atoms with Crippen molar-refractivity contribution in [2.45, 2.75) is 37.6 Å². The number of amides is 3. The predicted octanol–water partition coefficient (Wildman–Crippen LogP) is 1.75. The second kappa shape index (κ2) is 5.72.